The Hall–Kier alpha value is -3.48. The van der Waals surface area contributed by atoms with E-state index in [0.717, 1.165) is 29.3 Å². The summed E-state index contributed by atoms with van der Waals surface area (Å²) >= 11 is 0. The van der Waals surface area contributed by atoms with Gasteiger partial charge in [-0.15, -0.1) is 0 Å². The first kappa shape index (κ1) is 19.8. The molecule has 30 heavy (non-hydrogen) atoms. The molecule has 0 bridgehead atoms. The molecular formula is C23H24N4O3. The first-order valence-electron chi connectivity index (χ1n) is 10.0. The average Bonchev–Trinajstić information content (AvgIpc) is 2.78. The van der Waals surface area contributed by atoms with Crippen molar-refractivity contribution >= 4 is 28.4 Å². The van der Waals surface area contributed by atoms with Gasteiger partial charge >= 0.3 is 0 Å². The van der Waals surface area contributed by atoms with Crippen LogP contribution in [0.4, 0.5) is 5.82 Å². The molecule has 1 N–H and O–H groups in total. The van der Waals surface area contributed by atoms with E-state index in [-0.39, 0.29) is 17.7 Å². The van der Waals surface area contributed by atoms with E-state index in [9.17, 15) is 9.59 Å². The summed E-state index contributed by atoms with van der Waals surface area (Å²) in [5, 5.41) is 4.62. The molecule has 3 heterocycles. The molecule has 1 aliphatic rings. The van der Waals surface area contributed by atoms with Gasteiger partial charge in [0.05, 0.1) is 13.0 Å². The first-order valence-corrected chi connectivity index (χ1v) is 10.0. The lowest BCUT2D eigenvalue weighted by Crippen LogP contribution is -2.44. The molecule has 1 fully saturated rings. The number of aromatic nitrogens is 2. The Balaban J connectivity index is 1.51. The Morgan fingerprint density at radius 2 is 1.97 bits per heavy atom. The highest BCUT2D eigenvalue weighted by atomic mass is 16.5. The van der Waals surface area contributed by atoms with E-state index in [2.05, 4.69) is 15.3 Å². The molecule has 2 amide bonds. The second-order valence-electron chi connectivity index (χ2n) is 7.48. The van der Waals surface area contributed by atoms with Crippen molar-refractivity contribution in [3.05, 3.63) is 59.9 Å². The number of benzene rings is 1. The standard InChI is InChI=1S/C23H24N4O3/c1-15-7-5-11-20(24-15)26-21(28)17-9-6-12-27(14-17)23(29)19-13-16-8-3-4-10-18(16)22(25-19)30-2/h3-5,7-8,10-11,13,17H,6,9,12,14H2,1-2H3,(H,24,26,28). The lowest BCUT2D eigenvalue weighted by Gasteiger charge is -2.31. The highest BCUT2D eigenvalue weighted by Gasteiger charge is 2.30. The first-order chi connectivity index (χ1) is 14.5. The SMILES string of the molecule is COc1nc(C(=O)N2CCCC(C(=O)Nc3cccc(C)n3)C2)cc2ccccc12. The maximum absolute atomic E-state index is 13.1. The number of pyridine rings is 2. The van der Waals surface area contributed by atoms with Crippen molar-refractivity contribution in [2.75, 3.05) is 25.5 Å². The van der Waals surface area contributed by atoms with Crippen molar-refractivity contribution in [1.29, 1.82) is 0 Å². The van der Waals surface area contributed by atoms with Crippen LogP contribution in [0.1, 0.15) is 29.0 Å². The molecule has 1 unspecified atom stereocenters. The zero-order valence-electron chi connectivity index (χ0n) is 17.1. The topological polar surface area (TPSA) is 84.4 Å². The van der Waals surface area contributed by atoms with E-state index in [4.69, 9.17) is 4.74 Å². The Bertz CT molecular complexity index is 1100. The average molecular weight is 404 g/mol. The van der Waals surface area contributed by atoms with Crippen molar-refractivity contribution in [3.63, 3.8) is 0 Å². The predicted octanol–water partition coefficient (Wildman–Crippen LogP) is 3.44. The third-order valence-electron chi connectivity index (χ3n) is 5.34. The summed E-state index contributed by atoms with van der Waals surface area (Å²) in [6, 6.07) is 14.9. The van der Waals surface area contributed by atoms with Crippen LogP contribution in [-0.4, -0.2) is 46.9 Å². The third kappa shape index (κ3) is 4.10. The van der Waals surface area contributed by atoms with Crippen molar-refractivity contribution in [2.24, 2.45) is 5.92 Å². The third-order valence-corrected chi connectivity index (χ3v) is 5.34. The maximum atomic E-state index is 13.1. The van der Waals surface area contributed by atoms with Gasteiger partial charge in [-0.1, -0.05) is 24.3 Å². The van der Waals surface area contributed by atoms with E-state index in [0.29, 0.717) is 30.5 Å². The number of hydrogen-bond acceptors (Lipinski definition) is 5. The molecule has 1 aliphatic heterocycles. The minimum absolute atomic E-state index is 0.116. The van der Waals surface area contributed by atoms with Crippen molar-refractivity contribution in [1.82, 2.24) is 14.9 Å². The zero-order chi connectivity index (χ0) is 21.1. The summed E-state index contributed by atoms with van der Waals surface area (Å²) < 4.78 is 5.39. The molecule has 1 atom stereocenters. The van der Waals surface area contributed by atoms with Crippen LogP contribution in [0.3, 0.4) is 0 Å². The molecule has 0 saturated carbocycles. The number of ether oxygens (including phenoxy) is 1. The van der Waals surface area contributed by atoms with Gasteiger partial charge in [-0.2, -0.15) is 0 Å². The number of piperidine rings is 1. The quantitative estimate of drug-likeness (QED) is 0.720. The number of methoxy groups -OCH3 is 1. The van der Waals surface area contributed by atoms with Gasteiger partial charge in [-0.3, -0.25) is 9.59 Å². The molecule has 2 aromatic heterocycles. The molecule has 7 nitrogen and oxygen atoms in total. The number of fused-ring (bicyclic) bond motifs is 1. The summed E-state index contributed by atoms with van der Waals surface area (Å²) in [5.74, 6) is 0.366. The van der Waals surface area contributed by atoms with Crippen molar-refractivity contribution in [3.8, 4) is 5.88 Å². The number of carbonyl (C=O) groups excluding carboxylic acids is 2. The number of rotatable bonds is 4. The second kappa shape index (κ2) is 8.49. The van der Waals surface area contributed by atoms with Crippen molar-refractivity contribution < 1.29 is 14.3 Å². The number of nitrogens with zero attached hydrogens (tertiary/aromatic N) is 3. The maximum Gasteiger partial charge on any atom is 0.272 e. The fourth-order valence-electron chi connectivity index (χ4n) is 3.81. The van der Waals surface area contributed by atoms with Crippen LogP contribution >= 0.6 is 0 Å². The van der Waals surface area contributed by atoms with Gasteiger partial charge in [-0.05, 0) is 49.4 Å². The number of carbonyl (C=O) groups is 2. The van der Waals surface area contributed by atoms with Crippen LogP contribution in [0.2, 0.25) is 0 Å². The van der Waals surface area contributed by atoms with E-state index in [1.54, 1.807) is 24.1 Å². The number of aryl methyl sites for hydroxylation is 1. The van der Waals surface area contributed by atoms with Crippen LogP contribution in [-0.2, 0) is 4.79 Å². The summed E-state index contributed by atoms with van der Waals surface area (Å²) in [4.78, 5) is 36.3. The van der Waals surface area contributed by atoms with Crippen LogP contribution in [0.25, 0.3) is 10.8 Å². The lowest BCUT2D eigenvalue weighted by atomic mass is 9.96. The Morgan fingerprint density at radius 3 is 2.77 bits per heavy atom. The predicted molar refractivity (Wildman–Crippen MR) is 115 cm³/mol. The van der Waals surface area contributed by atoms with Gasteiger partial charge in [0, 0.05) is 24.2 Å². The molecule has 0 aliphatic carbocycles. The van der Waals surface area contributed by atoms with Crippen LogP contribution < -0.4 is 10.1 Å². The number of hydrogen-bond donors (Lipinski definition) is 1. The Morgan fingerprint density at radius 1 is 1.13 bits per heavy atom. The monoisotopic (exact) mass is 404 g/mol. The number of likely N-dealkylation sites (tertiary alicyclic amines) is 1. The van der Waals surface area contributed by atoms with Gasteiger partial charge in [0.15, 0.2) is 0 Å². The molecule has 7 heteroatoms. The normalized spacial score (nSPS) is 16.3. The summed E-state index contributed by atoms with van der Waals surface area (Å²) in [5.41, 5.74) is 1.16. The van der Waals surface area contributed by atoms with E-state index >= 15 is 0 Å². The highest BCUT2D eigenvalue weighted by molar-refractivity contribution is 5.99. The molecule has 154 valence electrons. The largest absolute Gasteiger partial charge is 0.481 e. The van der Waals surface area contributed by atoms with E-state index in [1.165, 1.54) is 0 Å². The molecule has 4 rings (SSSR count). The Kier molecular flexibility index (Phi) is 5.61. The minimum Gasteiger partial charge on any atom is -0.481 e. The van der Waals surface area contributed by atoms with E-state index < -0.39 is 0 Å². The van der Waals surface area contributed by atoms with Gasteiger partial charge < -0.3 is 15.0 Å². The molecule has 3 aromatic rings. The van der Waals surface area contributed by atoms with Gasteiger partial charge in [-0.25, -0.2) is 9.97 Å². The van der Waals surface area contributed by atoms with Crippen LogP contribution in [0.15, 0.2) is 48.5 Å². The summed E-state index contributed by atoms with van der Waals surface area (Å²) in [7, 11) is 1.55. The lowest BCUT2D eigenvalue weighted by molar-refractivity contribution is -0.121. The molecule has 0 radical (unpaired) electrons. The molecule has 1 aromatic carbocycles. The molecule has 0 spiro atoms. The van der Waals surface area contributed by atoms with Gasteiger partial charge in [0.1, 0.15) is 11.5 Å². The summed E-state index contributed by atoms with van der Waals surface area (Å²) in [6.07, 6.45) is 1.49. The zero-order valence-corrected chi connectivity index (χ0v) is 17.1. The van der Waals surface area contributed by atoms with Crippen molar-refractivity contribution in [2.45, 2.75) is 19.8 Å². The number of anilines is 1. The van der Waals surface area contributed by atoms with Crippen LogP contribution in [0.5, 0.6) is 5.88 Å². The van der Waals surface area contributed by atoms with Gasteiger partial charge in [0.2, 0.25) is 11.8 Å². The van der Waals surface area contributed by atoms with Crippen LogP contribution in [0, 0.1) is 12.8 Å². The highest BCUT2D eigenvalue weighted by Crippen LogP contribution is 2.26. The second-order valence-corrected chi connectivity index (χ2v) is 7.48. The van der Waals surface area contributed by atoms with Gasteiger partial charge in [0.25, 0.3) is 5.91 Å². The molecular weight excluding hydrogens is 380 g/mol. The molecule has 1 saturated heterocycles. The number of nitrogens with one attached hydrogen (secondary N) is 1. The van der Waals surface area contributed by atoms with E-state index in [1.807, 2.05) is 43.3 Å². The Labute approximate surface area is 175 Å². The fraction of sp³-hybridized carbons (Fsp3) is 0.304. The minimum atomic E-state index is -0.285. The fourth-order valence-corrected chi connectivity index (χ4v) is 3.81. The smallest absolute Gasteiger partial charge is 0.272 e. The summed E-state index contributed by atoms with van der Waals surface area (Å²) in [6.45, 7) is 2.83. The number of amides is 2.